The maximum Gasteiger partial charge on any atom is 0.318 e. The summed E-state index contributed by atoms with van der Waals surface area (Å²) >= 11 is 0. The van der Waals surface area contributed by atoms with E-state index in [-0.39, 0.29) is 6.03 Å². The zero-order chi connectivity index (χ0) is 16.2. The van der Waals surface area contributed by atoms with E-state index in [9.17, 15) is 4.79 Å². The summed E-state index contributed by atoms with van der Waals surface area (Å²) in [4.78, 5) is 25.9. The molecule has 1 aliphatic rings. The fourth-order valence-corrected chi connectivity index (χ4v) is 2.77. The highest BCUT2D eigenvalue weighted by atomic mass is 16.5. The Hall–Kier alpha value is -2.35. The van der Waals surface area contributed by atoms with Gasteiger partial charge in [-0.05, 0) is 6.92 Å². The highest BCUT2D eigenvalue weighted by Gasteiger charge is 2.23. The summed E-state index contributed by atoms with van der Waals surface area (Å²) in [6.07, 6.45) is 4.31. The minimum absolute atomic E-state index is 0.0672. The van der Waals surface area contributed by atoms with Crippen LogP contribution in [0.15, 0.2) is 12.5 Å². The fraction of sp³-hybridized carbons (Fsp3) is 0.533. The molecule has 8 nitrogen and oxygen atoms in total. The van der Waals surface area contributed by atoms with Gasteiger partial charge in [-0.15, -0.1) is 0 Å². The molecule has 0 aromatic carbocycles. The van der Waals surface area contributed by atoms with Gasteiger partial charge in [0.2, 0.25) is 0 Å². The molecule has 3 heterocycles. The first-order chi connectivity index (χ1) is 11.2. The SMILES string of the molecule is COCCn1cncc1CNC(=O)N1CCc2nc(C)[nH]c2C1. The average Bonchev–Trinajstić information content (AvgIpc) is 3.14. The Balaban J connectivity index is 1.55. The number of hydrogen-bond acceptors (Lipinski definition) is 4. The monoisotopic (exact) mass is 318 g/mol. The zero-order valence-electron chi connectivity index (χ0n) is 13.5. The van der Waals surface area contributed by atoms with E-state index in [1.165, 1.54) is 0 Å². The maximum absolute atomic E-state index is 12.4. The summed E-state index contributed by atoms with van der Waals surface area (Å²) in [6.45, 7) is 4.99. The number of rotatable bonds is 5. The van der Waals surface area contributed by atoms with Gasteiger partial charge in [0.05, 0.1) is 43.1 Å². The standard InChI is InChI=1S/C15H22N6O2/c1-11-18-13-3-4-20(9-14(13)19-11)15(22)17-8-12-7-16-10-21(12)5-6-23-2/h7,10H,3-6,8-9H2,1-2H3,(H,17,22)(H,18,19). The van der Waals surface area contributed by atoms with Crippen LogP contribution in [-0.2, 0) is 30.8 Å². The number of carbonyl (C=O) groups excluding carboxylic acids is 1. The van der Waals surface area contributed by atoms with Crippen LogP contribution in [0.3, 0.4) is 0 Å². The van der Waals surface area contributed by atoms with Gasteiger partial charge in [0.1, 0.15) is 5.82 Å². The molecular formula is C15H22N6O2. The van der Waals surface area contributed by atoms with Crippen molar-refractivity contribution in [3.63, 3.8) is 0 Å². The molecule has 0 fully saturated rings. The van der Waals surface area contributed by atoms with Crippen LogP contribution < -0.4 is 5.32 Å². The van der Waals surface area contributed by atoms with Crippen LogP contribution in [0.1, 0.15) is 22.9 Å². The van der Waals surface area contributed by atoms with Crippen molar-refractivity contribution in [3.05, 3.63) is 35.4 Å². The van der Waals surface area contributed by atoms with Crippen molar-refractivity contribution in [3.8, 4) is 0 Å². The number of fused-ring (bicyclic) bond motifs is 1. The second-order valence-electron chi connectivity index (χ2n) is 5.65. The van der Waals surface area contributed by atoms with Gasteiger partial charge >= 0.3 is 6.03 Å². The summed E-state index contributed by atoms with van der Waals surface area (Å²) < 4.78 is 7.06. The Labute approximate surface area is 134 Å². The van der Waals surface area contributed by atoms with E-state index in [0.29, 0.717) is 26.2 Å². The number of nitrogens with zero attached hydrogens (tertiary/aromatic N) is 4. The van der Waals surface area contributed by atoms with Gasteiger partial charge in [-0.25, -0.2) is 14.8 Å². The van der Waals surface area contributed by atoms with Gasteiger partial charge in [0.15, 0.2) is 0 Å². The first kappa shape index (κ1) is 15.5. The summed E-state index contributed by atoms with van der Waals surface area (Å²) in [5.41, 5.74) is 3.07. The fourth-order valence-electron chi connectivity index (χ4n) is 2.77. The number of hydrogen-bond donors (Lipinski definition) is 2. The molecule has 0 saturated carbocycles. The highest BCUT2D eigenvalue weighted by Crippen LogP contribution is 2.16. The quantitative estimate of drug-likeness (QED) is 0.855. The third kappa shape index (κ3) is 3.53. The van der Waals surface area contributed by atoms with Crippen LogP contribution >= 0.6 is 0 Å². The average molecular weight is 318 g/mol. The number of H-pyrrole nitrogens is 1. The van der Waals surface area contributed by atoms with Crippen molar-refractivity contribution in [2.24, 2.45) is 0 Å². The lowest BCUT2D eigenvalue weighted by Crippen LogP contribution is -2.42. The lowest BCUT2D eigenvalue weighted by atomic mass is 10.1. The predicted molar refractivity (Wildman–Crippen MR) is 83.8 cm³/mol. The van der Waals surface area contributed by atoms with E-state index in [1.54, 1.807) is 24.5 Å². The maximum atomic E-state index is 12.4. The molecule has 2 amide bonds. The number of amides is 2. The van der Waals surface area contributed by atoms with Crippen molar-refractivity contribution in [2.75, 3.05) is 20.3 Å². The van der Waals surface area contributed by atoms with Gasteiger partial charge in [0, 0.05) is 32.8 Å². The predicted octanol–water partition coefficient (Wildman–Crippen LogP) is 0.829. The van der Waals surface area contributed by atoms with Crippen LogP contribution in [0.2, 0.25) is 0 Å². The Morgan fingerprint density at radius 3 is 3.22 bits per heavy atom. The van der Waals surface area contributed by atoms with Crippen LogP contribution in [0.25, 0.3) is 0 Å². The van der Waals surface area contributed by atoms with Crippen LogP contribution in [0.5, 0.6) is 0 Å². The van der Waals surface area contributed by atoms with Crippen molar-refractivity contribution >= 4 is 6.03 Å². The van der Waals surface area contributed by atoms with E-state index < -0.39 is 0 Å². The number of methoxy groups -OCH3 is 1. The van der Waals surface area contributed by atoms with Gasteiger partial charge < -0.3 is 24.5 Å². The molecule has 3 rings (SSSR count). The van der Waals surface area contributed by atoms with E-state index in [1.807, 2.05) is 11.5 Å². The second kappa shape index (κ2) is 6.82. The summed E-state index contributed by atoms with van der Waals surface area (Å²) in [5.74, 6) is 0.902. The Bertz CT molecular complexity index is 677. The smallest absolute Gasteiger partial charge is 0.318 e. The Morgan fingerprint density at radius 2 is 2.39 bits per heavy atom. The van der Waals surface area contributed by atoms with Crippen LogP contribution in [-0.4, -0.2) is 50.7 Å². The second-order valence-corrected chi connectivity index (χ2v) is 5.65. The van der Waals surface area contributed by atoms with Gasteiger partial charge in [-0.1, -0.05) is 0 Å². The Morgan fingerprint density at radius 1 is 1.52 bits per heavy atom. The molecule has 124 valence electrons. The van der Waals surface area contributed by atoms with Crippen molar-refractivity contribution in [1.82, 2.24) is 29.7 Å². The number of aryl methyl sites for hydroxylation is 1. The molecule has 0 bridgehead atoms. The summed E-state index contributed by atoms with van der Waals surface area (Å²) in [7, 11) is 1.67. The molecule has 8 heteroatoms. The minimum atomic E-state index is -0.0672. The normalized spacial score (nSPS) is 13.9. The first-order valence-electron chi connectivity index (χ1n) is 7.72. The molecular weight excluding hydrogens is 296 g/mol. The molecule has 2 aromatic rings. The molecule has 0 unspecified atom stereocenters. The number of aromatic amines is 1. The molecule has 2 aromatic heterocycles. The minimum Gasteiger partial charge on any atom is -0.383 e. The largest absolute Gasteiger partial charge is 0.383 e. The van der Waals surface area contributed by atoms with Gasteiger partial charge in [0.25, 0.3) is 0 Å². The van der Waals surface area contributed by atoms with E-state index in [4.69, 9.17) is 4.74 Å². The van der Waals surface area contributed by atoms with Crippen LogP contribution in [0.4, 0.5) is 4.79 Å². The highest BCUT2D eigenvalue weighted by molar-refractivity contribution is 5.74. The number of imidazole rings is 2. The lowest BCUT2D eigenvalue weighted by molar-refractivity contribution is 0.185. The number of ether oxygens (including phenoxy) is 1. The molecule has 23 heavy (non-hydrogen) atoms. The lowest BCUT2D eigenvalue weighted by Gasteiger charge is -2.26. The third-order valence-corrected chi connectivity index (χ3v) is 3.99. The molecule has 1 aliphatic heterocycles. The van der Waals surface area contributed by atoms with E-state index in [2.05, 4.69) is 20.3 Å². The molecule has 0 aliphatic carbocycles. The topological polar surface area (TPSA) is 88.1 Å². The number of aromatic nitrogens is 4. The van der Waals surface area contributed by atoms with Gasteiger partial charge in [-0.2, -0.15) is 0 Å². The first-order valence-corrected chi connectivity index (χ1v) is 7.72. The van der Waals surface area contributed by atoms with E-state index >= 15 is 0 Å². The molecule has 0 radical (unpaired) electrons. The number of carbonyl (C=O) groups is 1. The number of urea groups is 1. The molecule has 0 saturated heterocycles. The number of nitrogens with one attached hydrogen (secondary N) is 2. The van der Waals surface area contributed by atoms with Crippen molar-refractivity contribution in [2.45, 2.75) is 33.0 Å². The van der Waals surface area contributed by atoms with Crippen molar-refractivity contribution in [1.29, 1.82) is 0 Å². The van der Waals surface area contributed by atoms with Crippen LogP contribution in [0, 0.1) is 6.92 Å². The zero-order valence-corrected chi connectivity index (χ0v) is 13.5. The summed E-state index contributed by atoms with van der Waals surface area (Å²) in [5, 5.41) is 2.96. The molecule has 0 spiro atoms. The third-order valence-electron chi connectivity index (χ3n) is 3.99. The molecule has 2 N–H and O–H groups in total. The van der Waals surface area contributed by atoms with Gasteiger partial charge in [-0.3, -0.25) is 0 Å². The summed E-state index contributed by atoms with van der Waals surface area (Å²) in [6, 6.07) is -0.0672. The Kier molecular flexibility index (Phi) is 4.61. The van der Waals surface area contributed by atoms with Crippen molar-refractivity contribution < 1.29 is 9.53 Å². The molecule has 0 atom stereocenters. The van der Waals surface area contributed by atoms with E-state index in [0.717, 1.165) is 35.9 Å².